The predicted octanol–water partition coefficient (Wildman–Crippen LogP) is 14.9. The molecule has 0 saturated carbocycles. The van der Waals surface area contributed by atoms with Gasteiger partial charge in [0.1, 0.15) is 0 Å². The van der Waals surface area contributed by atoms with Crippen LogP contribution in [0, 0.1) is 5.92 Å². The van der Waals surface area contributed by atoms with E-state index in [0.29, 0.717) is 0 Å². The van der Waals surface area contributed by atoms with E-state index in [1.807, 2.05) is 0 Å². The van der Waals surface area contributed by atoms with Crippen LogP contribution in [0.4, 0.5) is 0 Å². The van der Waals surface area contributed by atoms with Gasteiger partial charge in [-0.15, -0.1) is 12.4 Å². The van der Waals surface area contributed by atoms with Gasteiger partial charge in [0.2, 0.25) is 0 Å². The second kappa shape index (κ2) is 39.3. The first-order valence-corrected chi connectivity index (χ1v) is 19.8. The number of nitrogens with zero attached hydrogens (tertiary/aromatic N) is 1. The summed E-state index contributed by atoms with van der Waals surface area (Å²) < 4.78 is 0. The van der Waals surface area contributed by atoms with Crippen molar-refractivity contribution in [2.45, 2.75) is 232 Å². The Balaban J connectivity index is 0. The van der Waals surface area contributed by atoms with Crippen molar-refractivity contribution in [3.05, 3.63) is 0 Å². The maximum atomic E-state index is 2.43. The highest BCUT2D eigenvalue weighted by molar-refractivity contribution is 5.85. The molecule has 0 radical (unpaired) electrons. The average Bonchev–Trinajstić information content (AvgIpc) is 2.96. The number of hydrogen-bond donors (Lipinski definition) is 0. The Morgan fingerprint density at radius 3 is 0.690 bits per heavy atom. The van der Waals surface area contributed by atoms with Crippen LogP contribution in [0.5, 0.6) is 0 Å². The van der Waals surface area contributed by atoms with Crippen molar-refractivity contribution >= 4 is 12.4 Å². The molecule has 0 spiro atoms. The van der Waals surface area contributed by atoms with Crippen LogP contribution in [0.25, 0.3) is 0 Å². The molecule has 256 valence electrons. The van der Waals surface area contributed by atoms with Crippen LogP contribution in [-0.2, 0) is 0 Å². The maximum Gasteiger partial charge on any atom is 0.000356 e. The van der Waals surface area contributed by atoms with Crippen LogP contribution in [0.2, 0.25) is 0 Å². The minimum Gasteiger partial charge on any atom is -0.309 e. The van der Waals surface area contributed by atoms with Crippen molar-refractivity contribution in [1.82, 2.24) is 4.90 Å². The zero-order valence-corrected chi connectivity index (χ0v) is 31.0. The summed E-state index contributed by atoms with van der Waals surface area (Å²) in [4.78, 5) is 2.43. The van der Waals surface area contributed by atoms with Gasteiger partial charge in [0.25, 0.3) is 0 Å². The third-order valence-corrected chi connectivity index (χ3v) is 9.56. The second-order valence-corrected chi connectivity index (χ2v) is 14.3. The third kappa shape index (κ3) is 38.3. The van der Waals surface area contributed by atoms with Crippen molar-refractivity contribution in [1.29, 1.82) is 0 Å². The number of halogens is 1. The minimum absolute atomic E-state index is 0. The van der Waals surface area contributed by atoms with Crippen molar-refractivity contribution in [2.75, 3.05) is 20.6 Å². The summed E-state index contributed by atoms with van der Waals surface area (Å²) in [5.41, 5.74) is 0. The lowest BCUT2D eigenvalue weighted by atomic mass is 9.93. The van der Waals surface area contributed by atoms with E-state index in [1.165, 1.54) is 225 Å². The molecular weight excluding hydrogens is 530 g/mol. The third-order valence-electron chi connectivity index (χ3n) is 9.56. The fraction of sp³-hybridized carbons (Fsp3) is 1.00. The summed E-state index contributed by atoms with van der Waals surface area (Å²) in [6.07, 6.45) is 50.0. The molecule has 0 aliphatic carbocycles. The molecule has 0 aromatic heterocycles. The van der Waals surface area contributed by atoms with Gasteiger partial charge in [-0.1, -0.05) is 219 Å². The van der Waals surface area contributed by atoms with Crippen molar-refractivity contribution < 1.29 is 0 Å². The first kappa shape index (κ1) is 44.4. The molecule has 0 aromatic carbocycles. The van der Waals surface area contributed by atoms with Gasteiger partial charge in [0.15, 0.2) is 0 Å². The molecule has 0 aliphatic heterocycles. The van der Waals surface area contributed by atoms with Crippen LogP contribution in [0.1, 0.15) is 232 Å². The van der Waals surface area contributed by atoms with Crippen LogP contribution in [0.15, 0.2) is 0 Å². The van der Waals surface area contributed by atoms with Gasteiger partial charge in [0, 0.05) is 6.54 Å². The lowest BCUT2D eigenvalue weighted by Crippen LogP contribution is -2.21. The monoisotopic (exact) mass is 614 g/mol. The summed E-state index contributed by atoms with van der Waals surface area (Å²) in [5, 5.41) is 0. The molecular formula is C40H84ClN. The molecule has 0 unspecified atom stereocenters. The van der Waals surface area contributed by atoms with E-state index >= 15 is 0 Å². The van der Waals surface area contributed by atoms with E-state index in [9.17, 15) is 0 Å². The molecule has 0 N–H and O–H groups in total. The van der Waals surface area contributed by atoms with Gasteiger partial charge in [-0.2, -0.15) is 0 Å². The van der Waals surface area contributed by atoms with E-state index in [4.69, 9.17) is 0 Å². The molecule has 0 fully saturated rings. The lowest BCUT2D eigenvalue weighted by Gasteiger charge is -2.21. The predicted molar refractivity (Wildman–Crippen MR) is 198 cm³/mol. The second-order valence-electron chi connectivity index (χ2n) is 14.3. The van der Waals surface area contributed by atoms with Gasteiger partial charge < -0.3 is 4.90 Å². The Kier molecular flexibility index (Phi) is 41.5. The van der Waals surface area contributed by atoms with E-state index in [-0.39, 0.29) is 12.4 Å². The van der Waals surface area contributed by atoms with Crippen LogP contribution >= 0.6 is 12.4 Å². The highest BCUT2D eigenvalue weighted by Crippen LogP contribution is 2.21. The smallest absolute Gasteiger partial charge is 0.000356 e. The largest absolute Gasteiger partial charge is 0.309 e. The number of hydrogen-bond acceptors (Lipinski definition) is 1. The van der Waals surface area contributed by atoms with Crippen molar-refractivity contribution in [3.8, 4) is 0 Å². The van der Waals surface area contributed by atoms with Gasteiger partial charge in [-0.25, -0.2) is 0 Å². The van der Waals surface area contributed by atoms with Crippen molar-refractivity contribution in [3.63, 3.8) is 0 Å². The van der Waals surface area contributed by atoms with Crippen LogP contribution < -0.4 is 0 Å². The molecule has 0 saturated heterocycles. The molecule has 0 atom stereocenters. The topological polar surface area (TPSA) is 3.24 Å². The standard InChI is InChI=1S/C40H83N.ClH/c1-5-7-9-11-13-15-17-19-21-23-25-27-29-31-33-35-37-40(39-41(3)4)38-36-34-32-30-28-26-24-22-20-18-16-14-12-10-8-6-2;/h40H,5-39H2,1-4H3;1H. The van der Waals surface area contributed by atoms with Gasteiger partial charge in [-0.05, 0) is 32.9 Å². The molecule has 42 heavy (non-hydrogen) atoms. The van der Waals surface area contributed by atoms with Gasteiger partial charge >= 0.3 is 0 Å². The van der Waals surface area contributed by atoms with E-state index in [1.54, 1.807) is 0 Å². The highest BCUT2D eigenvalue weighted by Gasteiger charge is 2.10. The normalized spacial score (nSPS) is 11.6. The fourth-order valence-electron chi connectivity index (χ4n) is 6.81. The first-order valence-electron chi connectivity index (χ1n) is 19.8. The quantitative estimate of drug-likeness (QED) is 0.0635. The van der Waals surface area contributed by atoms with Crippen LogP contribution in [-0.4, -0.2) is 25.5 Å². The van der Waals surface area contributed by atoms with E-state index < -0.39 is 0 Å². The summed E-state index contributed by atoms with van der Waals surface area (Å²) >= 11 is 0. The summed E-state index contributed by atoms with van der Waals surface area (Å²) in [7, 11) is 4.54. The molecule has 0 aromatic rings. The van der Waals surface area contributed by atoms with E-state index in [2.05, 4.69) is 32.8 Å². The zero-order valence-electron chi connectivity index (χ0n) is 30.2. The molecule has 1 nitrogen and oxygen atoms in total. The Hall–Kier alpha value is 0.250. The minimum atomic E-state index is 0. The van der Waals surface area contributed by atoms with Gasteiger partial charge in [-0.3, -0.25) is 0 Å². The summed E-state index contributed by atoms with van der Waals surface area (Å²) in [6.45, 7) is 5.92. The molecule has 0 aliphatic rings. The lowest BCUT2D eigenvalue weighted by molar-refractivity contribution is 0.286. The number of rotatable bonds is 36. The van der Waals surface area contributed by atoms with Gasteiger partial charge in [0.05, 0.1) is 0 Å². The Bertz CT molecular complexity index is 415. The number of unbranched alkanes of at least 4 members (excludes halogenated alkanes) is 30. The molecule has 0 bridgehead atoms. The molecule has 0 heterocycles. The Morgan fingerprint density at radius 2 is 0.500 bits per heavy atom. The highest BCUT2D eigenvalue weighted by atomic mass is 35.5. The summed E-state index contributed by atoms with van der Waals surface area (Å²) in [6, 6.07) is 0. The molecule has 0 rings (SSSR count). The van der Waals surface area contributed by atoms with Crippen molar-refractivity contribution in [2.24, 2.45) is 5.92 Å². The molecule has 0 amide bonds. The first-order chi connectivity index (χ1) is 20.2. The maximum absolute atomic E-state index is 2.43. The SMILES string of the molecule is CCCCCCCCCCCCCCCCCCC(CCCCCCCCCCCCCCCCCC)CN(C)C.Cl. The average molecular weight is 615 g/mol. The molecule has 2 heteroatoms. The summed E-state index contributed by atoms with van der Waals surface area (Å²) in [5.74, 6) is 0.934. The van der Waals surface area contributed by atoms with Crippen LogP contribution in [0.3, 0.4) is 0 Å². The zero-order chi connectivity index (χ0) is 29.9. The Labute approximate surface area is 275 Å². The fourth-order valence-corrected chi connectivity index (χ4v) is 6.81. The van der Waals surface area contributed by atoms with E-state index in [0.717, 1.165) is 5.92 Å². The Morgan fingerprint density at radius 1 is 0.310 bits per heavy atom.